The molecule has 1 unspecified atom stereocenters. The van der Waals surface area contributed by atoms with Gasteiger partial charge in [-0.3, -0.25) is 14.9 Å². The first-order chi connectivity index (χ1) is 14.5. The maximum Gasteiger partial charge on any atom is 0.249 e. The summed E-state index contributed by atoms with van der Waals surface area (Å²) in [6, 6.07) is 14.4. The lowest BCUT2D eigenvalue weighted by molar-refractivity contribution is -0.125. The fraction of sp³-hybridized carbons (Fsp3) is 0.143. The predicted molar refractivity (Wildman–Crippen MR) is 119 cm³/mol. The molecule has 0 aliphatic rings. The molecule has 1 atom stereocenters. The molecule has 0 spiro atoms. The molecule has 0 bridgehead atoms. The quantitative estimate of drug-likeness (QED) is 0.422. The first-order valence-corrected chi connectivity index (χ1v) is 10.4. The van der Waals surface area contributed by atoms with Gasteiger partial charge in [-0.25, -0.2) is 0 Å². The van der Waals surface area contributed by atoms with Crippen LogP contribution in [0.3, 0.4) is 0 Å². The smallest absolute Gasteiger partial charge is 0.249 e. The van der Waals surface area contributed by atoms with Crippen LogP contribution in [0.1, 0.15) is 12.5 Å². The summed E-state index contributed by atoms with van der Waals surface area (Å²) in [6.45, 7) is 1.38. The molecular formula is C21H18ClN5O2S. The van der Waals surface area contributed by atoms with Crippen molar-refractivity contribution in [1.29, 1.82) is 0 Å². The second-order valence-corrected chi connectivity index (χ2v) is 8.08. The minimum atomic E-state index is -0.755. The number of rotatable bonds is 6. The van der Waals surface area contributed by atoms with Gasteiger partial charge in [0.15, 0.2) is 5.01 Å². The normalized spacial score (nSPS) is 11.9. The number of carbonyl (C=O) groups is 2. The van der Waals surface area contributed by atoms with Gasteiger partial charge in [-0.15, -0.1) is 10.2 Å². The van der Waals surface area contributed by atoms with Gasteiger partial charge in [0.05, 0.1) is 5.02 Å². The predicted octanol–water partition coefficient (Wildman–Crippen LogP) is 4.03. The molecule has 2 aromatic carbocycles. The number of nitrogens with zero attached hydrogens (tertiary/aromatic N) is 2. The van der Waals surface area contributed by atoms with E-state index in [2.05, 4.69) is 25.8 Å². The third kappa shape index (κ3) is 4.34. The average molecular weight is 440 g/mol. The van der Waals surface area contributed by atoms with Gasteiger partial charge in [0.1, 0.15) is 6.04 Å². The van der Waals surface area contributed by atoms with Crippen LogP contribution in [0.2, 0.25) is 5.02 Å². The van der Waals surface area contributed by atoms with Gasteiger partial charge in [-0.05, 0) is 17.7 Å². The maximum atomic E-state index is 12.9. The summed E-state index contributed by atoms with van der Waals surface area (Å²) in [5, 5.41) is 16.1. The summed E-state index contributed by atoms with van der Waals surface area (Å²) < 4.78 is 0. The van der Waals surface area contributed by atoms with Crippen molar-refractivity contribution in [2.24, 2.45) is 0 Å². The van der Waals surface area contributed by atoms with Crippen LogP contribution < -0.4 is 10.6 Å². The summed E-state index contributed by atoms with van der Waals surface area (Å²) in [6.07, 6.45) is 2.19. The zero-order valence-corrected chi connectivity index (χ0v) is 17.6. The van der Waals surface area contributed by atoms with Crippen molar-refractivity contribution in [1.82, 2.24) is 20.5 Å². The minimum absolute atomic E-state index is 0.288. The van der Waals surface area contributed by atoms with E-state index >= 15 is 0 Å². The molecule has 9 heteroatoms. The number of halogens is 1. The number of H-pyrrole nitrogens is 1. The Morgan fingerprint density at radius 1 is 1.13 bits per heavy atom. The van der Waals surface area contributed by atoms with Crippen molar-refractivity contribution in [3.8, 4) is 10.6 Å². The number of fused-ring (bicyclic) bond motifs is 1. The standard InChI is InChI=1S/C21H18ClN5O2S/c1-12(28)24-18(10-13-11-23-17-9-5-3-6-14(13)17)19(29)25-21-27-26-20(30-21)15-7-2-4-8-16(15)22/h2-9,11,18,23H,10H2,1H3,(H,24,28)(H,25,27,29). The fourth-order valence-corrected chi connectivity index (χ4v) is 4.25. The van der Waals surface area contributed by atoms with Gasteiger partial charge in [0.25, 0.3) is 0 Å². The van der Waals surface area contributed by atoms with Crippen LogP contribution in [-0.4, -0.2) is 33.0 Å². The number of aromatic amines is 1. The molecule has 152 valence electrons. The van der Waals surface area contributed by atoms with Crippen LogP contribution in [0.5, 0.6) is 0 Å². The van der Waals surface area contributed by atoms with E-state index in [9.17, 15) is 9.59 Å². The van der Waals surface area contributed by atoms with Crippen LogP contribution in [0, 0.1) is 0 Å². The van der Waals surface area contributed by atoms with Gasteiger partial charge in [0, 0.05) is 36.0 Å². The lowest BCUT2D eigenvalue weighted by Gasteiger charge is -2.16. The fourth-order valence-electron chi connectivity index (χ4n) is 3.18. The number of anilines is 1. The van der Waals surface area contributed by atoms with Crippen molar-refractivity contribution in [3.63, 3.8) is 0 Å². The Bertz CT molecular complexity index is 1220. The van der Waals surface area contributed by atoms with E-state index in [1.807, 2.05) is 48.7 Å². The Kier molecular flexibility index (Phi) is 5.78. The van der Waals surface area contributed by atoms with Crippen LogP contribution in [0.4, 0.5) is 5.13 Å². The summed E-state index contributed by atoms with van der Waals surface area (Å²) in [5.74, 6) is -0.652. The lowest BCUT2D eigenvalue weighted by atomic mass is 10.0. The summed E-state index contributed by atoms with van der Waals surface area (Å²) >= 11 is 7.43. The molecule has 4 rings (SSSR count). The summed E-state index contributed by atoms with van der Waals surface area (Å²) in [4.78, 5) is 27.8. The molecule has 2 aromatic heterocycles. The monoisotopic (exact) mass is 439 g/mol. The Hall–Kier alpha value is -3.23. The number of amides is 2. The third-order valence-electron chi connectivity index (χ3n) is 4.55. The van der Waals surface area contributed by atoms with E-state index in [4.69, 9.17) is 11.6 Å². The second-order valence-electron chi connectivity index (χ2n) is 6.70. The first-order valence-electron chi connectivity index (χ1n) is 9.22. The number of para-hydroxylation sites is 1. The van der Waals surface area contributed by atoms with E-state index in [0.29, 0.717) is 21.6 Å². The number of hydrogen-bond acceptors (Lipinski definition) is 5. The van der Waals surface area contributed by atoms with Gasteiger partial charge in [-0.1, -0.05) is 59.3 Å². The number of benzene rings is 2. The highest BCUT2D eigenvalue weighted by molar-refractivity contribution is 7.18. The summed E-state index contributed by atoms with van der Waals surface area (Å²) in [7, 11) is 0. The molecule has 0 aliphatic heterocycles. The molecule has 0 saturated carbocycles. The number of nitrogens with one attached hydrogen (secondary N) is 3. The zero-order chi connectivity index (χ0) is 21.1. The minimum Gasteiger partial charge on any atom is -0.361 e. The van der Waals surface area contributed by atoms with Crippen LogP contribution in [0.15, 0.2) is 54.7 Å². The Morgan fingerprint density at radius 2 is 1.90 bits per heavy atom. The zero-order valence-electron chi connectivity index (χ0n) is 16.0. The van der Waals surface area contributed by atoms with Gasteiger partial charge < -0.3 is 10.3 Å². The molecule has 2 amide bonds. The van der Waals surface area contributed by atoms with E-state index < -0.39 is 6.04 Å². The topological polar surface area (TPSA) is 99.8 Å². The SMILES string of the molecule is CC(=O)NC(Cc1c[nH]c2ccccc12)C(=O)Nc1nnc(-c2ccccc2Cl)s1. The highest BCUT2D eigenvalue weighted by atomic mass is 35.5. The molecule has 0 aliphatic carbocycles. The lowest BCUT2D eigenvalue weighted by Crippen LogP contribution is -2.44. The number of aromatic nitrogens is 3. The number of hydrogen-bond donors (Lipinski definition) is 3. The van der Waals surface area contributed by atoms with Crippen molar-refractivity contribution in [2.45, 2.75) is 19.4 Å². The molecule has 3 N–H and O–H groups in total. The Labute approximate surface area is 181 Å². The first kappa shape index (κ1) is 20.1. The van der Waals surface area contributed by atoms with Crippen LogP contribution >= 0.6 is 22.9 Å². The molecule has 0 saturated heterocycles. The molecule has 0 radical (unpaired) electrons. The third-order valence-corrected chi connectivity index (χ3v) is 5.75. The Morgan fingerprint density at radius 3 is 2.70 bits per heavy atom. The van der Waals surface area contributed by atoms with Crippen LogP contribution in [-0.2, 0) is 16.0 Å². The van der Waals surface area contributed by atoms with E-state index in [1.54, 1.807) is 6.07 Å². The average Bonchev–Trinajstić information content (AvgIpc) is 3.35. The van der Waals surface area contributed by atoms with Crippen LogP contribution in [0.25, 0.3) is 21.5 Å². The molecule has 0 fully saturated rings. The molecule has 7 nitrogen and oxygen atoms in total. The van der Waals surface area contributed by atoms with Crippen molar-refractivity contribution in [2.75, 3.05) is 5.32 Å². The van der Waals surface area contributed by atoms with E-state index in [-0.39, 0.29) is 11.8 Å². The van der Waals surface area contributed by atoms with Gasteiger partial charge in [-0.2, -0.15) is 0 Å². The van der Waals surface area contributed by atoms with Crippen molar-refractivity contribution >= 4 is 50.8 Å². The van der Waals surface area contributed by atoms with Crippen molar-refractivity contribution < 1.29 is 9.59 Å². The van der Waals surface area contributed by atoms with Gasteiger partial charge in [0.2, 0.25) is 16.9 Å². The second kappa shape index (κ2) is 8.64. The molecular weight excluding hydrogens is 422 g/mol. The maximum absolute atomic E-state index is 12.9. The van der Waals surface area contributed by atoms with E-state index in [1.165, 1.54) is 18.3 Å². The van der Waals surface area contributed by atoms with E-state index in [0.717, 1.165) is 22.0 Å². The molecule has 4 aromatic rings. The number of carbonyl (C=O) groups excluding carboxylic acids is 2. The summed E-state index contributed by atoms with van der Waals surface area (Å²) in [5.41, 5.74) is 2.66. The largest absolute Gasteiger partial charge is 0.361 e. The Balaban J connectivity index is 1.53. The van der Waals surface area contributed by atoms with Crippen molar-refractivity contribution in [3.05, 3.63) is 65.3 Å². The molecule has 30 heavy (non-hydrogen) atoms. The molecule has 2 heterocycles. The highest BCUT2D eigenvalue weighted by Gasteiger charge is 2.23. The highest BCUT2D eigenvalue weighted by Crippen LogP contribution is 2.31. The van der Waals surface area contributed by atoms with Gasteiger partial charge >= 0.3 is 0 Å².